The van der Waals surface area contributed by atoms with Gasteiger partial charge in [0.2, 0.25) is 0 Å². The van der Waals surface area contributed by atoms with Gasteiger partial charge < -0.3 is 9.84 Å². The van der Waals surface area contributed by atoms with Gasteiger partial charge in [0.15, 0.2) is 15.7 Å². The summed E-state index contributed by atoms with van der Waals surface area (Å²) in [6, 6.07) is 4.81. The highest BCUT2D eigenvalue weighted by atomic mass is 35.5. The van der Waals surface area contributed by atoms with Crippen LogP contribution in [0, 0.1) is 0 Å². The smallest absolute Gasteiger partial charge is 0.257 e. The molecule has 0 amide bonds. The fourth-order valence-corrected chi connectivity index (χ4v) is 3.05. The van der Waals surface area contributed by atoms with E-state index in [1.165, 1.54) is 12.1 Å². The normalized spacial score (nSPS) is 12.7. The van der Waals surface area contributed by atoms with Gasteiger partial charge in [0.1, 0.15) is 0 Å². The lowest BCUT2D eigenvalue weighted by Crippen LogP contribution is -2.24. The van der Waals surface area contributed by atoms with Crippen LogP contribution in [0.1, 0.15) is 12.7 Å². The Kier molecular flexibility index (Phi) is 6.37. The van der Waals surface area contributed by atoms with Crippen LogP contribution in [0.3, 0.4) is 0 Å². The Morgan fingerprint density at radius 3 is 2.68 bits per heavy atom. The summed E-state index contributed by atoms with van der Waals surface area (Å²) in [5.74, 6) is 0.831. The summed E-state index contributed by atoms with van der Waals surface area (Å²) in [5, 5.41) is 7.14. The van der Waals surface area contributed by atoms with Crippen LogP contribution in [0.15, 0.2) is 27.6 Å². The average molecular weight is 366 g/mol. The quantitative estimate of drug-likeness (QED) is 0.875. The minimum absolute atomic E-state index is 0. The second-order valence-corrected chi connectivity index (χ2v) is 7.22. The third-order valence-corrected chi connectivity index (χ3v) is 4.61. The van der Waals surface area contributed by atoms with Crippen LogP contribution < -0.4 is 5.32 Å². The zero-order valence-electron chi connectivity index (χ0n) is 12.3. The van der Waals surface area contributed by atoms with Crippen molar-refractivity contribution in [2.24, 2.45) is 0 Å². The van der Waals surface area contributed by atoms with E-state index in [9.17, 15) is 8.42 Å². The molecule has 0 aliphatic heterocycles. The van der Waals surface area contributed by atoms with Gasteiger partial charge in [-0.25, -0.2) is 8.42 Å². The van der Waals surface area contributed by atoms with Gasteiger partial charge in [0.05, 0.1) is 9.92 Å². The van der Waals surface area contributed by atoms with Crippen molar-refractivity contribution in [1.29, 1.82) is 0 Å². The van der Waals surface area contributed by atoms with Crippen LogP contribution in [0.25, 0.3) is 11.5 Å². The first-order valence-corrected chi connectivity index (χ1v) is 8.58. The van der Waals surface area contributed by atoms with Gasteiger partial charge in [0.25, 0.3) is 5.89 Å². The molecule has 1 aromatic carbocycles. The van der Waals surface area contributed by atoms with Gasteiger partial charge >= 0.3 is 0 Å². The van der Waals surface area contributed by atoms with E-state index in [1.54, 1.807) is 6.07 Å². The number of halogens is 2. The maximum Gasteiger partial charge on any atom is 0.257 e. The number of rotatable bonds is 5. The van der Waals surface area contributed by atoms with Gasteiger partial charge in [0, 0.05) is 24.3 Å². The lowest BCUT2D eigenvalue weighted by molar-refractivity contribution is 0.418. The fraction of sp³-hybridized carbons (Fsp3) is 0.385. The Morgan fingerprint density at radius 2 is 2.09 bits per heavy atom. The predicted molar refractivity (Wildman–Crippen MR) is 87.3 cm³/mol. The first-order chi connectivity index (χ1) is 9.81. The molecule has 2 rings (SSSR count). The van der Waals surface area contributed by atoms with Gasteiger partial charge in [-0.05, 0) is 32.2 Å². The molecule has 1 aromatic heterocycles. The summed E-state index contributed by atoms with van der Waals surface area (Å²) in [7, 11) is -1.56. The third-order valence-electron chi connectivity index (χ3n) is 3.03. The highest BCUT2D eigenvalue weighted by molar-refractivity contribution is 7.90. The molecule has 122 valence electrons. The summed E-state index contributed by atoms with van der Waals surface area (Å²) < 4.78 is 28.5. The lowest BCUT2D eigenvalue weighted by atomic mass is 10.2. The Labute approximate surface area is 140 Å². The summed E-state index contributed by atoms with van der Waals surface area (Å²) in [5.41, 5.74) is 0.524. The van der Waals surface area contributed by atoms with Gasteiger partial charge in [-0.3, -0.25) is 0 Å². The van der Waals surface area contributed by atoms with Gasteiger partial charge in [-0.1, -0.05) is 16.8 Å². The number of nitrogens with zero attached hydrogens (tertiary/aromatic N) is 2. The monoisotopic (exact) mass is 365 g/mol. The molecule has 1 N–H and O–H groups in total. The maximum absolute atomic E-state index is 11.7. The SMILES string of the molecule is CNC(C)Cc1noc(-c2ccc(Cl)c(S(C)(=O)=O)c2)n1.Cl. The summed E-state index contributed by atoms with van der Waals surface area (Å²) in [6.45, 7) is 2.00. The van der Waals surface area contributed by atoms with E-state index in [-0.39, 0.29) is 34.3 Å². The van der Waals surface area contributed by atoms with Gasteiger partial charge in [-0.15, -0.1) is 12.4 Å². The van der Waals surface area contributed by atoms with Crippen molar-refractivity contribution in [2.45, 2.75) is 24.3 Å². The molecular weight excluding hydrogens is 349 g/mol. The molecule has 0 fully saturated rings. The molecule has 0 aliphatic carbocycles. The number of likely N-dealkylation sites (N-methyl/N-ethyl adjacent to an activating group) is 1. The molecule has 0 saturated heterocycles. The van der Waals surface area contributed by atoms with E-state index in [0.717, 1.165) is 6.26 Å². The summed E-state index contributed by atoms with van der Waals surface area (Å²) in [6.07, 6.45) is 1.72. The number of nitrogens with one attached hydrogen (secondary N) is 1. The van der Waals surface area contributed by atoms with Gasteiger partial charge in [-0.2, -0.15) is 4.98 Å². The number of benzene rings is 1. The molecule has 9 heteroatoms. The molecule has 0 saturated carbocycles. The van der Waals surface area contributed by atoms with Crippen LogP contribution >= 0.6 is 24.0 Å². The van der Waals surface area contributed by atoms with Crippen LogP contribution in [0.5, 0.6) is 0 Å². The zero-order chi connectivity index (χ0) is 15.6. The Bertz CT molecular complexity index is 747. The van der Waals surface area contributed by atoms with Crippen LogP contribution in [0.2, 0.25) is 5.02 Å². The lowest BCUT2D eigenvalue weighted by Gasteiger charge is -2.05. The molecule has 2 aromatic rings. The van der Waals surface area contributed by atoms with E-state index in [0.29, 0.717) is 17.8 Å². The van der Waals surface area contributed by atoms with Crippen LogP contribution in [0.4, 0.5) is 0 Å². The van der Waals surface area contributed by atoms with Crippen LogP contribution in [-0.4, -0.2) is 37.9 Å². The molecule has 1 unspecified atom stereocenters. The zero-order valence-corrected chi connectivity index (χ0v) is 14.7. The standard InChI is InChI=1S/C13H16ClN3O3S.ClH/c1-8(15-2)6-12-16-13(20-17-12)9-4-5-10(14)11(7-9)21(3,18)19;/h4-5,7-8,15H,6H2,1-3H3;1H. The largest absolute Gasteiger partial charge is 0.334 e. The first kappa shape index (κ1) is 18.9. The summed E-state index contributed by atoms with van der Waals surface area (Å²) in [4.78, 5) is 4.31. The van der Waals surface area contributed by atoms with Crippen molar-refractivity contribution >= 4 is 33.8 Å². The number of hydrogen-bond donors (Lipinski definition) is 1. The second-order valence-electron chi connectivity index (χ2n) is 4.83. The highest BCUT2D eigenvalue weighted by Gasteiger charge is 2.17. The Hall–Kier alpha value is -1.15. The van der Waals surface area contributed by atoms with Crippen LogP contribution in [-0.2, 0) is 16.3 Å². The molecule has 6 nitrogen and oxygen atoms in total. The molecule has 0 bridgehead atoms. The molecule has 0 spiro atoms. The first-order valence-electron chi connectivity index (χ1n) is 6.31. The topological polar surface area (TPSA) is 85.1 Å². The Morgan fingerprint density at radius 1 is 1.41 bits per heavy atom. The summed E-state index contributed by atoms with van der Waals surface area (Å²) >= 11 is 5.91. The minimum Gasteiger partial charge on any atom is -0.334 e. The van der Waals surface area contributed by atoms with Crippen molar-refractivity contribution in [3.63, 3.8) is 0 Å². The highest BCUT2D eigenvalue weighted by Crippen LogP contribution is 2.27. The fourth-order valence-electron chi connectivity index (χ4n) is 1.75. The molecular formula is C13H17Cl2N3O3S. The van der Waals surface area contributed by atoms with Crippen molar-refractivity contribution in [1.82, 2.24) is 15.5 Å². The van der Waals surface area contributed by atoms with E-state index >= 15 is 0 Å². The molecule has 1 heterocycles. The van der Waals surface area contributed by atoms with Crippen molar-refractivity contribution in [3.05, 3.63) is 29.0 Å². The van der Waals surface area contributed by atoms with E-state index < -0.39 is 9.84 Å². The minimum atomic E-state index is -3.41. The van der Waals surface area contributed by atoms with E-state index in [1.807, 2.05) is 14.0 Å². The van der Waals surface area contributed by atoms with E-state index in [4.69, 9.17) is 16.1 Å². The van der Waals surface area contributed by atoms with Crippen molar-refractivity contribution < 1.29 is 12.9 Å². The third kappa shape index (κ3) is 4.42. The number of sulfone groups is 1. The van der Waals surface area contributed by atoms with Crippen molar-refractivity contribution in [2.75, 3.05) is 13.3 Å². The Balaban J connectivity index is 0.00000242. The predicted octanol–water partition coefficient (Wildman–Crippen LogP) is 2.37. The maximum atomic E-state index is 11.7. The second kappa shape index (κ2) is 7.41. The molecule has 0 aliphatic rings. The molecule has 22 heavy (non-hydrogen) atoms. The number of hydrogen-bond acceptors (Lipinski definition) is 6. The average Bonchev–Trinajstić information content (AvgIpc) is 2.86. The molecule has 0 radical (unpaired) electrons. The van der Waals surface area contributed by atoms with E-state index in [2.05, 4.69) is 15.5 Å². The molecule has 1 atom stereocenters. The number of aromatic nitrogens is 2. The van der Waals surface area contributed by atoms with Crippen molar-refractivity contribution in [3.8, 4) is 11.5 Å².